The fourth-order valence-electron chi connectivity index (χ4n) is 4.01. The Morgan fingerprint density at radius 2 is 2.00 bits per heavy atom. The highest BCUT2D eigenvalue weighted by Gasteiger charge is 2.35. The van der Waals surface area contributed by atoms with Gasteiger partial charge >= 0.3 is 12.1 Å². The number of nitrogens with one attached hydrogen (secondary N) is 1. The Hall–Kier alpha value is -3.05. The predicted octanol–water partition coefficient (Wildman–Crippen LogP) is 8.39. The molecule has 0 saturated heterocycles. The molecule has 37 heavy (non-hydrogen) atoms. The first-order valence-corrected chi connectivity index (χ1v) is 13.0. The lowest BCUT2D eigenvalue weighted by atomic mass is 9.77. The smallest absolute Gasteiger partial charge is 0.417 e. The molecule has 0 spiro atoms. The van der Waals surface area contributed by atoms with E-state index in [1.807, 2.05) is 6.08 Å². The molecular formula is C26H24F4N2O3S2. The third-order valence-corrected chi connectivity index (χ3v) is 7.93. The number of allylic oxidation sites excluding steroid dienone is 2. The van der Waals surface area contributed by atoms with Gasteiger partial charge in [0.25, 0.3) is 0 Å². The van der Waals surface area contributed by atoms with E-state index in [1.165, 1.54) is 19.2 Å². The zero-order valence-corrected chi connectivity index (χ0v) is 21.8. The molecule has 196 valence electrons. The number of hydrogen-bond acceptors (Lipinski definition) is 6. The van der Waals surface area contributed by atoms with Crippen LogP contribution in [0.15, 0.2) is 46.8 Å². The summed E-state index contributed by atoms with van der Waals surface area (Å²) in [6, 6.07) is 6.39. The van der Waals surface area contributed by atoms with Gasteiger partial charge in [-0.1, -0.05) is 32.1 Å². The summed E-state index contributed by atoms with van der Waals surface area (Å²) < 4.78 is 64.2. The van der Waals surface area contributed by atoms with Crippen molar-refractivity contribution in [3.05, 3.63) is 64.3 Å². The Bertz CT molecular complexity index is 1370. The van der Waals surface area contributed by atoms with Crippen LogP contribution in [-0.4, -0.2) is 23.2 Å². The molecule has 1 aliphatic carbocycles. The summed E-state index contributed by atoms with van der Waals surface area (Å²) in [6.07, 6.45) is -0.0732. The molecule has 2 N–H and O–H groups in total. The number of aromatic carboxylic acids is 1. The average Bonchev–Trinajstić information content (AvgIpc) is 3.30. The lowest BCUT2D eigenvalue weighted by molar-refractivity contribution is -0.137. The fourth-order valence-corrected chi connectivity index (χ4v) is 5.63. The molecule has 1 aliphatic rings. The number of ether oxygens (including phenoxy) is 1. The van der Waals surface area contributed by atoms with Crippen molar-refractivity contribution in [1.82, 2.24) is 4.98 Å². The van der Waals surface area contributed by atoms with Gasteiger partial charge in [0.05, 0.1) is 23.9 Å². The summed E-state index contributed by atoms with van der Waals surface area (Å²) in [6.45, 7) is 4.30. The predicted molar refractivity (Wildman–Crippen MR) is 138 cm³/mol. The Morgan fingerprint density at radius 1 is 1.24 bits per heavy atom. The van der Waals surface area contributed by atoms with Gasteiger partial charge in [-0.05, 0) is 47.9 Å². The highest BCUT2D eigenvalue weighted by molar-refractivity contribution is 8.00. The lowest BCUT2D eigenvalue weighted by Crippen LogP contribution is -2.14. The van der Waals surface area contributed by atoms with Gasteiger partial charge in [-0.2, -0.15) is 13.2 Å². The Morgan fingerprint density at radius 3 is 2.62 bits per heavy atom. The minimum absolute atomic E-state index is 0.0146. The number of methoxy groups -OCH3 is 1. The largest absolute Gasteiger partial charge is 0.495 e. The molecule has 0 aliphatic heterocycles. The van der Waals surface area contributed by atoms with Crippen molar-refractivity contribution in [2.75, 3.05) is 11.8 Å². The lowest BCUT2D eigenvalue weighted by Gasteiger charge is -2.29. The van der Waals surface area contributed by atoms with Gasteiger partial charge in [0, 0.05) is 29.0 Å². The van der Waals surface area contributed by atoms with Gasteiger partial charge in [0.1, 0.15) is 21.6 Å². The summed E-state index contributed by atoms with van der Waals surface area (Å²) in [4.78, 5) is 15.5. The van der Waals surface area contributed by atoms with Crippen LogP contribution in [0.2, 0.25) is 0 Å². The van der Waals surface area contributed by atoms with E-state index in [0.717, 1.165) is 60.3 Å². The Balaban J connectivity index is 1.58. The third-order valence-electron chi connectivity index (χ3n) is 6.17. The number of alkyl halides is 3. The molecule has 2 aromatic carbocycles. The average molecular weight is 553 g/mol. The molecule has 0 fully saturated rings. The van der Waals surface area contributed by atoms with E-state index in [4.69, 9.17) is 9.84 Å². The summed E-state index contributed by atoms with van der Waals surface area (Å²) in [7, 11) is 1.31. The number of carboxylic acid groups (broad SMARTS) is 1. The maximum absolute atomic E-state index is 14.1. The van der Waals surface area contributed by atoms with E-state index < -0.39 is 29.1 Å². The van der Waals surface area contributed by atoms with Gasteiger partial charge in [0.2, 0.25) is 0 Å². The normalized spacial score (nSPS) is 15.3. The topological polar surface area (TPSA) is 71.5 Å². The van der Waals surface area contributed by atoms with Crippen molar-refractivity contribution in [3.63, 3.8) is 0 Å². The summed E-state index contributed by atoms with van der Waals surface area (Å²) >= 11 is 2.00. The number of carbonyl (C=O) groups is 1. The van der Waals surface area contributed by atoms with E-state index in [0.29, 0.717) is 10.6 Å². The van der Waals surface area contributed by atoms with Crippen LogP contribution in [0.25, 0.3) is 16.1 Å². The van der Waals surface area contributed by atoms with Crippen molar-refractivity contribution in [2.45, 2.75) is 44.3 Å². The molecule has 5 nitrogen and oxygen atoms in total. The number of benzene rings is 2. The zero-order valence-electron chi connectivity index (χ0n) is 20.2. The molecule has 1 heterocycles. The van der Waals surface area contributed by atoms with Crippen LogP contribution in [0.4, 0.5) is 23.2 Å². The molecule has 11 heteroatoms. The summed E-state index contributed by atoms with van der Waals surface area (Å²) in [5, 5.41) is 11.2. The first kappa shape index (κ1) is 27.0. The van der Waals surface area contributed by atoms with Crippen LogP contribution < -0.4 is 9.46 Å². The monoisotopic (exact) mass is 552 g/mol. The minimum atomic E-state index is -4.56. The second-order valence-electron chi connectivity index (χ2n) is 9.39. The van der Waals surface area contributed by atoms with E-state index >= 15 is 0 Å². The number of thiazole rings is 1. The summed E-state index contributed by atoms with van der Waals surface area (Å²) in [5.74, 6) is -2.30. The van der Waals surface area contributed by atoms with Crippen molar-refractivity contribution in [1.29, 1.82) is 0 Å². The van der Waals surface area contributed by atoms with E-state index in [-0.39, 0.29) is 27.4 Å². The molecule has 1 aromatic heterocycles. The fraction of sp³-hybridized carbons (Fsp3) is 0.308. The number of rotatable bonds is 7. The van der Waals surface area contributed by atoms with Crippen LogP contribution in [0.3, 0.4) is 0 Å². The van der Waals surface area contributed by atoms with Crippen molar-refractivity contribution in [3.8, 4) is 16.3 Å². The van der Waals surface area contributed by atoms with Gasteiger partial charge in [-0.25, -0.2) is 14.2 Å². The van der Waals surface area contributed by atoms with Crippen molar-refractivity contribution >= 4 is 40.5 Å². The summed E-state index contributed by atoms with van der Waals surface area (Å²) in [5.41, 5.74) is 0.493. The second kappa shape index (κ2) is 10.4. The SMILES string of the molecule is COc1cc(C(=O)O)c(F)cc1NSc1csc(-c2ccc(C3=CCC(C)(C)CC3)cc2C(F)(F)F)n1. The zero-order chi connectivity index (χ0) is 27.0. The molecular weight excluding hydrogens is 528 g/mol. The van der Waals surface area contributed by atoms with Gasteiger partial charge in [0.15, 0.2) is 0 Å². The van der Waals surface area contributed by atoms with Gasteiger partial charge in [-0.15, -0.1) is 11.3 Å². The molecule has 3 aromatic rings. The Kier molecular flexibility index (Phi) is 7.57. The maximum Gasteiger partial charge on any atom is 0.417 e. The molecule has 0 bridgehead atoms. The van der Waals surface area contributed by atoms with Crippen LogP contribution >= 0.6 is 23.3 Å². The molecule has 0 atom stereocenters. The van der Waals surface area contributed by atoms with Crippen LogP contribution in [0.1, 0.15) is 54.6 Å². The van der Waals surface area contributed by atoms with Crippen LogP contribution in [0.5, 0.6) is 5.75 Å². The van der Waals surface area contributed by atoms with Gasteiger partial charge < -0.3 is 14.6 Å². The quantitative estimate of drug-likeness (QED) is 0.227. The number of hydrogen-bond donors (Lipinski definition) is 2. The molecule has 0 radical (unpaired) electrons. The van der Waals surface area contributed by atoms with Crippen molar-refractivity contribution < 1.29 is 32.2 Å². The van der Waals surface area contributed by atoms with E-state index in [9.17, 15) is 22.4 Å². The van der Waals surface area contributed by atoms with Crippen LogP contribution in [-0.2, 0) is 6.18 Å². The van der Waals surface area contributed by atoms with E-state index in [2.05, 4.69) is 23.6 Å². The molecule has 0 saturated carbocycles. The van der Waals surface area contributed by atoms with E-state index in [1.54, 1.807) is 11.4 Å². The molecule has 4 rings (SSSR count). The number of anilines is 1. The standard InChI is InChI=1S/C26H24F4N2O3S2/c1-25(2)8-6-14(7-9-25)15-4-5-16(18(10-15)26(28,29)30)23-31-22(13-36-23)37-32-20-12-19(27)17(24(33)34)11-21(20)35-3/h4-6,10-13,32H,7-9H2,1-3H3,(H,33,34). The second-order valence-corrected chi connectivity index (χ2v) is 11.1. The number of aromatic nitrogens is 1. The number of carboxylic acids is 1. The van der Waals surface area contributed by atoms with Gasteiger partial charge in [-0.3, -0.25) is 0 Å². The highest BCUT2D eigenvalue weighted by atomic mass is 32.2. The Labute approximate surface area is 219 Å². The highest BCUT2D eigenvalue weighted by Crippen LogP contribution is 2.43. The number of halogens is 4. The third kappa shape index (κ3) is 6.10. The van der Waals surface area contributed by atoms with Crippen molar-refractivity contribution in [2.24, 2.45) is 5.41 Å². The minimum Gasteiger partial charge on any atom is -0.495 e. The first-order chi connectivity index (χ1) is 17.4. The first-order valence-electron chi connectivity index (χ1n) is 11.3. The molecule has 0 amide bonds. The maximum atomic E-state index is 14.1. The van der Waals surface area contributed by atoms with Crippen LogP contribution in [0, 0.1) is 11.2 Å². The number of nitrogens with zero attached hydrogens (tertiary/aromatic N) is 1. The molecule has 0 unspecified atom stereocenters.